The summed E-state index contributed by atoms with van der Waals surface area (Å²) in [6, 6.07) is 2.05. The van der Waals surface area contributed by atoms with Crippen molar-refractivity contribution >= 4 is 28.6 Å². The van der Waals surface area contributed by atoms with Gasteiger partial charge in [-0.2, -0.15) is 0 Å². The van der Waals surface area contributed by atoms with E-state index in [2.05, 4.69) is 29.5 Å². The maximum absolute atomic E-state index is 11.0. The molecule has 0 spiro atoms. The van der Waals surface area contributed by atoms with E-state index in [4.69, 9.17) is 5.11 Å². The average molecular weight is 305 g/mol. The lowest BCUT2D eigenvalue weighted by Crippen LogP contribution is -2.13. The summed E-state index contributed by atoms with van der Waals surface area (Å²) in [6.07, 6.45) is 4.39. The Morgan fingerprint density at radius 1 is 1.71 bits per heavy atom. The smallest absolute Gasteiger partial charge is 0.352 e. The maximum atomic E-state index is 11.0. The summed E-state index contributed by atoms with van der Waals surface area (Å²) in [5, 5.41) is 9.01. The molecule has 1 heterocycles. The number of carboxylic acid groups (broad SMARTS) is 1. The number of hydrogen-bond acceptors (Lipinski definition) is 1. The van der Waals surface area contributed by atoms with Gasteiger partial charge in [0.1, 0.15) is 5.69 Å². The van der Waals surface area contributed by atoms with Crippen LogP contribution in [-0.2, 0) is 0 Å². The van der Waals surface area contributed by atoms with E-state index >= 15 is 0 Å². The number of rotatable bonds is 3. The van der Waals surface area contributed by atoms with E-state index in [1.807, 2.05) is 10.8 Å². The Balaban J connectivity index is 2.34. The summed E-state index contributed by atoms with van der Waals surface area (Å²) in [5.41, 5.74) is 0.411. The van der Waals surface area contributed by atoms with Gasteiger partial charge in [0.2, 0.25) is 0 Å². The minimum absolute atomic E-state index is 0.324. The molecule has 2 rings (SSSR count). The van der Waals surface area contributed by atoms with Crippen LogP contribution in [0.3, 0.4) is 0 Å². The van der Waals surface area contributed by atoms with Crippen LogP contribution in [0.5, 0.6) is 0 Å². The predicted octanol–water partition coefficient (Wildman–Crippen LogP) is 2.76. The van der Waals surface area contributed by atoms with Gasteiger partial charge in [-0.3, -0.25) is 0 Å². The number of hydrogen-bond donors (Lipinski definition) is 1. The number of carboxylic acids is 1. The van der Waals surface area contributed by atoms with Gasteiger partial charge in [0.05, 0.1) is 0 Å². The van der Waals surface area contributed by atoms with Crippen LogP contribution in [0, 0.1) is 9.49 Å². The first-order valence-electron chi connectivity index (χ1n) is 4.70. The summed E-state index contributed by atoms with van der Waals surface area (Å²) >= 11 is 2.15. The predicted molar refractivity (Wildman–Crippen MR) is 61.5 cm³/mol. The zero-order chi connectivity index (χ0) is 10.3. The van der Waals surface area contributed by atoms with E-state index in [0.29, 0.717) is 17.7 Å². The molecule has 4 heteroatoms. The lowest BCUT2D eigenvalue weighted by molar-refractivity contribution is 0.0682. The van der Waals surface area contributed by atoms with E-state index in [1.165, 1.54) is 12.8 Å². The van der Waals surface area contributed by atoms with Gasteiger partial charge in [-0.05, 0) is 54.3 Å². The average Bonchev–Trinajstić information content (AvgIpc) is 2.87. The van der Waals surface area contributed by atoms with E-state index < -0.39 is 5.97 Å². The van der Waals surface area contributed by atoms with Crippen LogP contribution in [-0.4, -0.2) is 15.6 Å². The van der Waals surface area contributed by atoms with Gasteiger partial charge in [-0.1, -0.05) is 0 Å². The molecule has 0 bridgehead atoms. The molecule has 1 aliphatic carbocycles. The molecule has 1 aromatic rings. The van der Waals surface area contributed by atoms with Crippen molar-refractivity contribution in [1.29, 1.82) is 0 Å². The van der Waals surface area contributed by atoms with E-state index in [-0.39, 0.29) is 0 Å². The minimum Gasteiger partial charge on any atom is -0.477 e. The number of halogens is 1. The molecule has 1 saturated carbocycles. The highest BCUT2D eigenvalue weighted by molar-refractivity contribution is 14.1. The van der Waals surface area contributed by atoms with Crippen molar-refractivity contribution in [2.24, 2.45) is 5.92 Å². The van der Waals surface area contributed by atoms with Crippen molar-refractivity contribution in [1.82, 2.24) is 4.57 Å². The highest BCUT2D eigenvalue weighted by Crippen LogP contribution is 2.40. The summed E-state index contributed by atoms with van der Waals surface area (Å²) in [4.78, 5) is 11.0. The SMILES string of the molecule is CC(C1CC1)n1cc(I)cc1C(=O)O. The molecule has 3 nitrogen and oxygen atoms in total. The molecule has 14 heavy (non-hydrogen) atoms. The Morgan fingerprint density at radius 2 is 2.36 bits per heavy atom. The highest BCUT2D eigenvalue weighted by Gasteiger charge is 2.30. The third kappa shape index (κ3) is 1.80. The zero-order valence-electron chi connectivity index (χ0n) is 7.90. The molecule has 1 atom stereocenters. The first kappa shape index (κ1) is 10.0. The first-order chi connectivity index (χ1) is 6.59. The third-order valence-corrected chi connectivity index (χ3v) is 3.37. The van der Waals surface area contributed by atoms with Gasteiger partial charge in [-0.25, -0.2) is 4.79 Å². The Kier molecular flexibility index (Phi) is 2.55. The van der Waals surface area contributed by atoms with E-state index in [0.717, 1.165) is 3.57 Å². The quantitative estimate of drug-likeness (QED) is 0.873. The van der Waals surface area contributed by atoms with Crippen LogP contribution >= 0.6 is 22.6 Å². The normalized spacial score (nSPS) is 18.1. The van der Waals surface area contributed by atoms with Crippen molar-refractivity contribution in [2.75, 3.05) is 0 Å². The van der Waals surface area contributed by atoms with Gasteiger partial charge in [0.25, 0.3) is 0 Å². The summed E-state index contributed by atoms with van der Waals surface area (Å²) in [7, 11) is 0. The molecule has 1 aromatic heterocycles. The molecule has 0 saturated heterocycles. The minimum atomic E-state index is -0.833. The van der Waals surface area contributed by atoms with Crippen molar-refractivity contribution in [2.45, 2.75) is 25.8 Å². The Labute approximate surface area is 96.3 Å². The lowest BCUT2D eigenvalue weighted by Gasteiger charge is -2.14. The fourth-order valence-corrected chi connectivity index (χ4v) is 2.35. The van der Waals surface area contributed by atoms with Crippen LogP contribution in [0.2, 0.25) is 0 Å². The van der Waals surface area contributed by atoms with Crippen LogP contribution in [0.4, 0.5) is 0 Å². The highest BCUT2D eigenvalue weighted by atomic mass is 127. The molecule has 0 radical (unpaired) electrons. The Morgan fingerprint density at radius 3 is 2.86 bits per heavy atom. The van der Waals surface area contributed by atoms with Gasteiger partial charge < -0.3 is 9.67 Å². The molecule has 76 valence electrons. The monoisotopic (exact) mass is 305 g/mol. The molecular formula is C10H12INO2. The Bertz CT molecular complexity index is 368. The largest absolute Gasteiger partial charge is 0.477 e. The molecule has 1 N–H and O–H groups in total. The van der Waals surface area contributed by atoms with E-state index in [1.54, 1.807) is 6.07 Å². The molecule has 1 unspecified atom stereocenters. The van der Waals surface area contributed by atoms with Crippen LogP contribution < -0.4 is 0 Å². The Hall–Kier alpha value is -0.520. The molecule has 1 aliphatic rings. The van der Waals surface area contributed by atoms with Crippen molar-refractivity contribution < 1.29 is 9.90 Å². The van der Waals surface area contributed by atoms with Crippen LogP contribution in [0.15, 0.2) is 12.3 Å². The van der Waals surface area contributed by atoms with Gasteiger partial charge in [-0.15, -0.1) is 0 Å². The topological polar surface area (TPSA) is 42.2 Å². The number of aromatic nitrogens is 1. The first-order valence-corrected chi connectivity index (χ1v) is 5.78. The number of nitrogens with zero attached hydrogens (tertiary/aromatic N) is 1. The molecule has 1 fully saturated rings. The van der Waals surface area contributed by atoms with Crippen LogP contribution in [0.25, 0.3) is 0 Å². The second kappa shape index (κ2) is 3.56. The summed E-state index contributed by atoms with van der Waals surface area (Å²) in [5.74, 6) is -0.156. The standard InChI is InChI=1S/C10H12INO2/c1-6(7-2-3-7)12-5-8(11)4-9(12)10(13)14/h4-7H,2-3H2,1H3,(H,13,14). The van der Waals surface area contributed by atoms with Gasteiger partial charge in [0.15, 0.2) is 0 Å². The van der Waals surface area contributed by atoms with Crippen molar-refractivity contribution in [3.63, 3.8) is 0 Å². The molecule has 0 aliphatic heterocycles. The van der Waals surface area contributed by atoms with Crippen LogP contribution in [0.1, 0.15) is 36.3 Å². The fraction of sp³-hybridized carbons (Fsp3) is 0.500. The molecular weight excluding hydrogens is 293 g/mol. The molecule has 0 aromatic carbocycles. The lowest BCUT2D eigenvalue weighted by atomic mass is 10.2. The van der Waals surface area contributed by atoms with Crippen molar-refractivity contribution in [3.05, 3.63) is 21.5 Å². The summed E-state index contributed by atoms with van der Waals surface area (Å²) < 4.78 is 2.88. The third-order valence-electron chi connectivity index (χ3n) is 2.78. The van der Waals surface area contributed by atoms with Gasteiger partial charge in [0, 0.05) is 15.8 Å². The second-order valence-corrected chi connectivity index (χ2v) is 5.08. The fourth-order valence-electron chi connectivity index (χ4n) is 1.76. The maximum Gasteiger partial charge on any atom is 0.352 e. The summed E-state index contributed by atoms with van der Waals surface area (Å²) in [6.45, 7) is 2.10. The zero-order valence-corrected chi connectivity index (χ0v) is 10.1. The van der Waals surface area contributed by atoms with Crippen molar-refractivity contribution in [3.8, 4) is 0 Å². The number of aromatic carboxylic acids is 1. The number of carbonyl (C=O) groups is 1. The van der Waals surface area contributed by atoms with Gasteiger partial charge >= 0.3 is 5.97 Å². The van der Waals surface area contributed by atoms with E-state index in [9.17, 15) is 4.79 Å². The molecule has 0 amide bonds. The second-order valence-electron chi connectivity index (χ2n) is 3.83.